The van der Waals surface area contributed by atoms with Crippen LogP contribution in [0.25, 0.3) is 0 Å². The molecule has 1 amide bonds. The van der Waals surface area contributed by atoms with E-state index in [0.29, 0.717) is 25.4 Å². The Morgan fingerprint density at radius 2 is 2.08 bits per heavy atom. The summed E-state index contributed by atoms with van der Waals surface area (Å²) in [5, 5.41) is 0. The van der Waals surface area contributed by atoms with Crippen LogP contribution in [0, 0.1) is 11.8 Å². The van der Waals surface area contributed by atoms with E-state index in [4.69, 9.17) is 14.2 Å². The van der Waals surface area contributed by atoms with Crippen molar-refractivity contribution in [3.8, 4) is 5.75 Å². The van der Waals surface area contributed by atoms with Gasteiger partial charge in [0.05, 0.1) is 13.1 Å². The fourth-order valence-corrected chi connectivity index (χ4v) is 4.58. The predicted octanol–water partition coefficient (Wildman–Crippen LogP) is 2.42. The van der Waals surface area contributed by atoms with Gasteiger partial charge in [-0.15, -0.1) is 0 Å². The molecule has 0 unspecified atom stereocenters. The van der Waals surface area contributed by atoms with Crippen LogP contribution in [0.15, 0.2) is 24.3 Å². The number of likely N-dealkylation sites (tertiary alicyclic amines) is 1. The molecule has 1 saturated carbocycles. The molecule has 1 aromatic carbocycles. The molecule has 0 bridgehead atoms. The molecule has 3 aliphatic heterocycles. The first-order chi connectivity index (χ1) is 12.7. The zero-order valence-corrected chi connectivity index (χ0v) is 15.2. The zero-order valence-electron chi connectivity index (χ0n) is 15.2. The van der Waals surface area contributed by atoms with Gasteiger partial charge in [0.15, 0.2) is 6.10 Å². The fourth-order valence-electron chi connectivity index (χ4n) is 4.58. The number of benzene rings is 1. The minimum Gasteiger partial charge on any atom is -0.480 e. The van der Waals surface area contributed by atoms with Crippen LogP contribution in [0.4, 0.5) is 0 Å². The monoisotopic (exact) mass is 357 g/mol. The quantitative estimate of drug-likeness (QED) is 0.734. The Labute approximate surface area is 154 Å². The summed E-state index contributed by atoms with van der Waals surface area (Å²) < 4.78 is 17.8. The number of hydrogen-bond donors (Lipinski definition) is 0. The number of carbonyl (C=O) groups excluding carboxylic acids is 1. The van der Waals surface area contributed by atoms with E-state index in [0.717, 1.165) is 49.9 Å². The number of para-hydroxylation sites is 1. The van der Waals surface area contributed by atoms with E-state index < -0.39 is 0 Å². The van der Waals surface area contributed by atoms with Crippen molar-refractivity contribution in [1.29, 1.82) is 0 Å². The van der Waals surface area contributed by atoms with Crippen molar-refractivity contribution < 1.29 is 19.0 Å². The van der Waals surface area contributed by atoms with Crippen LogP contribution in [-0.4, -0.2) is 55.4 Å². The third-order valence-electron chi connectivity index (χ3n) is 6.41. The summed E-state index contributed by atoms with van der Waals surface area (Å²) in [6, 6.07) is 7.93. The molecule has 5 heteroatoms. The molecule has 0 N–H and O–H groups in total. The second-order valence-corrected chi connectivity index (χ2v) is 8.32. The lowest BCUT2D eigenvalue weighted by molar-refractivity contribution is -0.171. The molecule has 1 aromatic rings. The smallest absolute Gasteiger partial charge is 0.264 e. The topological polar surface area (TPSA) is 48.0 Å². The Morgan fingerprint density at radius 1 is 1.23 bits per heavy atom. The van der Waals surface area contributed by atoms with Crippen LogP contribution < -0.4 is 4.74 Å². The molecule has 5 nitrogen and oxygen atoms in total. The minimum absolute atomic E-state index is 0.103. The maximum absolute atomic E-state index is 12.8. The number of amides is 1. The van der Waals surface area contributed by atoms with Crippen LogP contribution in [0.2, 0.25) is 0 Å². The second kappa shape index (κ2) is 6.54. The van der Waals surface area contributed by atoms with Gasteiger partial charge in [0.2, 0.25) is 0 Å². The highest BCUT2D eigenvalue weighted by Crippen LogP contribution is 2.42. The average Bonchev–Trinajstić information content (AvgIpc) is 3.18. The van der Waals surface area contributed by atoms with Crippen molar-refractivity contribution in [2.24, 2.45) is 11.8 Å². The number of nitrogens with zero attached hydrogens (tertiary/aromatic N) is 1. The summed E-state index contributed by atoms with van der Waals surface area (Å²) in [7, 11) is 0. The molecule has 0 radical (unpaired) electrons. The van der Waals surface area contributed by atoms with E-state index in [-0.39, 0.29) is 17.6 Å². The highest BCUT2D eigenvalue weighted by Gasteiger charge is 2.55. The molecule has 140 valence electrons. The van der Waals surface area contributed by atoms with Crippen LogP contribution in [-0.2, 0) is 20.7 Å². The first-order valence-electron chi connectivity index (χ1n) is 9.99. The van der Waals surface area contributed by atoms with E-state index in [2.05, 4.69) is 0 Å². The molecule has 3 fully saturated rings. The van der Waals surface area contributed by atoms with Crippen molar-refractivity contribution in [2.45, 2.75) is 43.8 Å². The molecule has 0 aromatic heterocycles. The van der Waals surface area contributed by atoms with Crippen LogP contribution >= 0.6 is 0 Å². The third-order valence-corrected chi connectivity index (χ3v) is 6.41. The minimum atomic E-state index is -0.369. The lowest BCUT2D eigenvalue weighted by Crippen LogP contribution is -2.67. The number of rotatable bonds is 6. The number of ether oxygens (including phenoxy) is 3. The van der Waals surface area contributed by atoms with Gasteiger partial charge in [-0.1, -0.05) is 18.2 Å². The first kappa shape index (κ1) is 16.6. The van der Waals surface area contributed by atoms with Crippen molar-refractivity contribution >= 4 is 5.91 Å². The second-order valence-electron chi connectivity index (χ2n) is 8.32. The fraction of sp³-hybridized carbons (Fsp3) is 0.667. The summed E-state index contributed by atoms with van der Waals surface area (Å²) >= 11 is 0. The van der Waals surface area contributed by atoms with Gasteiger partial charge >= 0.3 is 0 Å². The summed E-state index contributed by atoms with van der Waals surface area (Å²) in [4.78, 5) is 14.7. The third kappa shape index (κ3) is 3.01. The van der Waals surface area contributed by atoms with Gasteiger partial charge in [-0.05, 0) is 49.1 Å². The van der Waals surface area contributed by atoms with Gasteiger partial charge in [0.1, 0.15) is 11.4 Å². The Hall–Kier alpha value is -1.59. The van der Waals surface area contributed by atoms with Gasteiger partial charge in [-0.3, -0.25) is 4.79 Å². The van der Waals surface area contributed by atoms with Gasteiger partial charge in [-0.25, -0.2) is 0 Å². The van der Waals surface area contributed by atoms with Crippen molar-refractivity contribution in [1.82, 2.24) is 4.90 Å². The molecule has 4 aliphatic rings. The molecule has 5 rings (SSSR count). The Morgan fingerprint density at radius 3 is 2.88 bits per heavy atom. The van der Waals surface area contributed by atoms with E-state index in [1.54, 1.807) is 0 Å². The normalized spacial score (nSPS) is 28.7. The molecular formula is C21H27NO4. The lowest BCUT2D eigenvalue weighted by atomic mass is 9.79. The van der Waals surface area contributed by atoms with Crippen molar-refractivity contribution in [3.63, 3.8) is 0 Å². The summed E-state index contributed by atoms with van der Waals surface area (Å²) in [5.41, 5.74) is 0.994. The van der Waals surface area contributed by atoms with Crippen LogP contribution in [0.3, 0.4) is 0 Å². The lowest BCUT2D eigenvalue weighted by Gasteiger charge is -2.50. The SMILES string of the molecule is O=C([C@H]1Cc2ccccc2O1)N1CC2(C1)OCC[C@H]2CCOCC1CC1. The maximum Gasteiger partial charge on any atom is 0.264 e. The Bertz CT molecular complexity index is 655. The first-order valence-corrected chi connectivity index (χ1v) is 9.99. The Kier molecular flexibility index (Phi) is 4.17. The molecule has 3 heterocycles. The average molecular weight is 357 g/mol. The van der Waals surface area contributed by atoms with Gasteiger partial charge in [0.25, 0.3) is 5.91 Å². The maximum atomic E-state index is 12.8. The highest BCUT2D eigenvalue weighted by molar-refractivity contribution is 5.83. The summed E-state index contributed by atoms with van der Waals surface area (Å²) in [6.07, 6.45) is 5.10. The van der Waals surface area contributed by atoms with E-state index in [1.165, 1.54) is 12.8 Å². The largest absolute Gasteiger partial charge is 0.480 e. The van der Waals surface area contributed by atoms with E-state index in [9.17, 15) is 4.79 Å². The van der Waals surface area contributed by atoms with E-state index in [1.807, 2.05) is 29.2 Å². The predicted molar refractivity (Wildman–Crippen MR) is 96.1 cm³/mol. The standard InChI is InChI=1S/C21H27NO4/c23-20(19-11-16-3-1-2-4-18(16)26-19)22-13-21(14-22)17(8-10-25-21)7-9-24-12-15-5-6-15/h1-4,15,17,19H,5-14H2/t17-,19-/m1/s1. The van der Waals surface area contributed by atoms with Gasteiger partial charge in [0, 0.05) is 26.2 Å². The zero-order chi connectivity index (χ0) is 17.6. The van der Waals surface area contributed by atoms with Gasteiger partial charge in [-0.2, -0.15) is 0 Å². The molecular weight excluding hydrogens is 330 g/mol. The van der Waals surface area contributed by atoms with Crippen LogP contribution in [0.5, 0.6) is 5.75 Å². The number of carbonyl (C=O) groups is 1. The summed E-state index contributed by atoms with van der Waals surface area (Å²) in [6.45, 7) is 3.96. The number of hydrogen-bond acceptors (Lipinski definition) is 4. The summed E-state index contributed by atoms with van der Waals surface area (Å²) in [5.74, 6) is 2.28. The number of fused-ring (bicyclic) bond motifs is 1. The molecule has 2 atom stereocenters. The molecule has 26 heavy (non-hydrogen) atoms. The highest BCUT2D eigenvalue weighted by atomic mass is 16.5. The van der Waals surface area contributed by atoms with Gasteiger partial charge < -0.3 is 19.1 Å². The molecule has 2 saturated heterocycles. The van der Waals surface area contributed by atoms with E-state index >= 15 is 0 Å². The molecule has 1 aliphatic carbocycles. The Balaban J connectivity index is 1.13. The van der Waals surface area contributed by atoms with Crippen LogP contribution in [0.1, 0.15) is 31.2 Å². The van der Waals surface area contributed by atoms with Crippen molar-refractivity contribution in [2.75, 3.05) is 32.9 Å². The van der Waals surface area contributed by atoms with Crippen molar-refractivity contribution in [3.05, 3.63) is 29.8 Å². The molecule has 1 spiro atoms.